The lowest BCUT2D eigenvalue weighted by molar-refractivity contribution is -0.0893. The summed E-state index contributed by atoms with van der Waals surface area (Å²) in [5, 5.41) is 12.5. The summed E-state index contributed by atoms with van der Waals surface area (Å²) in [4.78, 5) is 0. The van der Waals surface area contributed by atoms with Gasteiger partial charge in [-0.15, -0.1) is 0 Å². The van der Waals surface area contributed by atoms with Gasteiger partial charge in [-0.25, -0.2) is 0 Å². The van der Waals surface area contributed by atoms with Crippen molar-refractivity contribution in [3.8, 4) is 11.1 Å². The highest BCUT2D eigenvalue weighted by Gasteiger charge is 2.35. The molecule has 4 aromatic rings. The van der Waals surface area contributed by atoms with Crippen LogP contribution in [0.25, 0.3) is 33.1 Å². The minimum absolute atomic E-state index is 0.429. The molecule has 3 nitrogen and oxygen atoms in total. The summed E-state index contributed by atoms with van der Waals surface area (Å²) >= 11 is 0. The molecular weight excluding hydrogens is 347 g/mol. The van der Waals surface area contributed by atoms with Crippen LogP contribution in [0.5, 0.6) is 0 Å². The quantitative estimate of drug-likeness (QED) is 0.512. The van der Waals surface area contributed by atoms with E-state index < -0.39 is 11.2 Å². The van der Waals surface area contributed by atoms with Gasteiger partial charge < -0.3 is 14.2 Å². The van der Waals surface area contributed by atoms with E-state index in [0.717, 1.165) is 27.4 Å². The number of rotatable bonds is 5. The van der Waals surface area contributed by atoms with Gasteiger partial charge in [0.25, 0.3) is 0 Å². The molecule has 0 saturated heterocycles. The molecule has 0 amide bonds. The summed E-state index contributed by atoms with van der Waals surface area (Å²) in [6.45, 7) is 7.35. The third-order valence-corrected chi connectivity index (χ3v) is 5.71. The summed E-state index contributed by atoms with van der Waals surface area (Å²) in [6, 6.07) is 22.8. The topological polar surface area (TPSA) is 42.6 Å². The average molecular weight is 372 g/mol. The first kappa shape index (κ1) is 18.8. The number of furan rings is 1. The molecule has 0 bridgehead atoms. The molecule has 1 heterocycles. The largest absolute Gasteiger partial charge is 0.456 e. The van der Waals surface area contributed by atoms with Crippen LogP contribution in [0, 0.1) is 0 Å². The van der Waals surface area contributed by atoms with Gasteiger partial charge in [0.1, 0.15) is 11.2 Å². The number of fused-ring (bicyclic) bond motifs is 3. The van der Waals surface area contributed by atoms with Crippen LogP contribution in [-0.2, 0) is 4.65 Å². The summed E-state index contributed by atoms with van der Waals surface area (Å²) in [7, 11) is 0.429. The third kappa shape index (κ3) is 3.46. The van der Waals surface area contributed by atoms with Crippen molar-refractivity contribution in [2.24, 2.45) is 0 Å². The van der Waals surface area contributed by atoms with Crippen LogP contribution in [0.2, 0.25) is 0 Å². The number of benzene rings is 3. The van der Waals surface area contributed by atoms with Crippen LogP contribution in [0.4, 0.5) is 0 Å². The minimum Gasteiger partial charge on any atom is -0.456 e. The lowest BCUT2D eigenvalue weighted by Gasteiger charge is -2.37. The number of hydrogen-bond donors (Lipinski definition) is 1. The zero-order valence-corrected chi connectivity index (χ0v) is 16.8. The maximum absolute atomic E-state index is 10.3. The standard InChI is InChI=1S/C24H25BO3/c1-23(2,26)24(3,4)28-25-18-11-13-22-20(15-18)19-14-17(10-12-21(19)27-22)16-8-6-5-7-9-16/h5-15,25-26H,1-4H3. The molecule has 0 aliphatic carbocycles. The van der Waals surface area contributed by atoms with Crippen molar-refractivity contribution in [2.45, 2.75) is 38.9 Å². The van der Waals surface area contributed by atoms with E-state index in [4.69, 9.17) is 9.07 Å². The number of aliphatic hydroxyl groups is 1. The molecular formula is C24H25BO3. The molecule has 0 aliphatic rings. The summed E-state index contributed by atoms with van der Waals surface area (Å²) in [6.07, 6.45) is 0. The maximum atomic E-state index is 10.3. The van der Waals surface area contributed by atoms with E-state index in [9.17, 15) is 5.11 Å². The Morgan fingerprint density at radius 1 is 0.786 bits per heavy atom. The highest BCUT2D eigenvalue weighted by atomic mass is 16.5. The van der Waals surface area contributed by atoms with Crippen LogP contribution in [0.15, 0.2) is 71.1 Å². The van der Waals surface area contributed by atoms with Gasteiger partial charge >= 0.3 is 7.48 Å². The Balaban J connectivity index is 1.71. The number of hydrogen-bond acceptors (Lipinski definition) is 3. The van der Waals surface area contributed by atoms with Crippen molar-refractivity contribution in [3.63, 3.8) is 0 Å². The first-order valence-corrected chi connectivity index (χ1v) is 9.61. The molecule has 0 aliphatic heterocycles. The highest BCUT2D eigenvalue weighted by molar-refractivity contribution is 6.47. The Labute approximate surface area is 166 Å². The molecule has 1 aromatic heterocycles. The fourth-order valence-electron chi connectivity index (χ4n) is 3.16. The SMILES string of the molecule is CC(C)(O)C(C)(C)OBc1ccc2oc3ccc(-c4ccccc4)cc3c2c1. The smallest absolute Gasteiger partial charge is 0.309 e. The van der Waals surface area contributed by atoms with E-state index in [2.05, 4.69) is 30.3 Å². The molecule has 28 heavy (non-hydrogen) atoms. The Hall–Kier alpha value is -2.56. The fraction of sp³-hybridized carbons (Fsp3) is 0.250. The van der Waals surface area contributed by atoms with Crippen LogP contribution < -0.4 is 5.46 Å². The first-order valence-electron chi connectivity index (χ1n) is 9.61. The van der Waals surface area contributed by atoms with Gasteiger partial charge in [0.05, 0.1) is 11.2 Å². The van der Waals surface area contributed by atoms with E-state index in [-0.39, 0.29) is 0 Å². The molecule has 0 saturated carbocycles. The van der Waals surface area contributed by atoms with Crippen LogP contribution in [0.1, 0.15) is 27.7 Å². The molecule has 0 spiro atoms. The van der Waals surface area contributed by atoms with Crippen molar-refractivity contribution in [1.82, 2.24) is 0 Å². The summed E-state index contributed by atoms with van der Waals surface area (Å²) in [5.74, 6) is 0. The normalized spacial score (nSPS) is 12.6. The van der Waals surface area contributed by atoms with Gasteiger partial charge in [-0.1, -0.05) is 54.0 Å². The Morgan fingerprint density at radius 3 is 2.11 bits per heavy atom. The Kier molecular flexibility index (Phi) is 4.57. The van der Waals surface area contributed by atoms with Crippen molar-refractivity contribution in [2.75, 3.05) is 0 Å². The van der Waals surface area contributed by atoms with Crippen molar-refractivity contribution in [3.05, 3.63) is 66.7 Å². The zero-order chi connectivity index (χ0) is 19.9. The van der Waals surface area contributed by atoms with E-state index in [1.54, 1.807) is 13.8 Å². The lowest BCUT2D eigenvalue weighted by Crippen LogP contribution is -2.49. The molecule has 0 radical (unpaired) electrons. The average Bonchev–Trinajstić information content (AvgIpc) is 3.03. The highest BCUT2D eigenvalue weighted by Crippen LogP contribution is 2.32. The molecule has 3 aromatic carbocycles. The van der Waals surface area contributed by atoms with Gasteiger partial charge in [-0.05, 0) is 57.0 Å². The molecule has 4 rings (SSSR count). The van der Waals surface area contributed by atoms with Crippen molar-refractivity contribution in [1.29, 1.82) is 0 Å². The van der Waals surface area contributed by atoms with Crippen LogP contribution in [-0.4, -0.2) is 23.8 Å². The molecule has 0 atom stereocenters. The predicted octanol–water partition coefficient (Wildman–Crippen LogP) is 4.80. The molecule has 1 N–H and O–H groups in total. The van der Waals surface area contributed by atoms with Crippen molar-refractivity contribution < 1.29 is 14.2 Å². The second-order valence-electron chi connectivity index (χ2n) is 8.37. The fourth-order valence-corrected chi connectivity index (χ4v) is 3.16. The van der Waals surface area contributed by atoms with Crippen LogP contribution in [0.3, 0.4) is 0 Å². The summed E-state index contributed by atoms with van der Waals surface area (Å²) in [5.41, 5.74) is 3.57. The van der Waals surface area contributed by atoms with E-state index in [1.807, 2.05) is 50.2 Å². The van der Waals surface area contributed by atoms with E-state index in [0.29, 0.717) is 7.48 Å². The second kappa shape index (κ2) is 6.80. The van der Waals surface area contributed by atoms with Gasteiger partial charge in [-0.3, -0.25) is 0 Å². The summed E-state index contributed by atoms with van der Waals surface area (Å²) < 4.78 is 12.0. The van der Waals surface area contributed by atoms with Gasteiger partial charge in [-0.2, -0.15) is 0 Å². The molecule has 4 heteroatoms. The minimum atomic E-state index is -0.927. The van der Waals surface area contributed by atoms with E-state index >= 15 is 0 Å². The lowest BCUT2D eigenvalue weighted by atomic mass is 9.82. The second-order valence-corrected chi connectivity index (χ2v) is 8.37. The van der Waals surface area contributed by atoms with Gasteiger partial charge in [0.2, 0.25) is 0 Å². The Bertz CT molecular complexity index is 1120. The monoisotopic (exact) mass is 372 g/mol. The van der Waals surface area contributed by atoms with E-state index in [1.165, 1.54) is 11.1 Å². The maximum Gasteiger partial charge on any atom is 0.309 e. The van der Waals surface area contributed by atoms with Crippen LogP contribution >= 0.6 is 0 Å². The Morgan fingerprint density at radius 2 is 1.43 bits per heavy atom. The van der Waals surface area contributed by atoms with Gasteiger partial charge in [0, 0.05) is 10.8 Å². The first-order chi connectivity index (χ1) is 13.2. The zero-order valence-electron chi connectivity index (χ0n) is 16.8. The third-order valence-electron chi connectivity index (χ3n) is 5.71. The predicted molar refractivity (Wildman–Crippen MR) is 117 cm³/mol. The van der Waals surface area contributed by atoms with Crippen molar-refractivity contribution >= 4 is 34.9 Å². The molecule has 0 fully saturated rings. The molecule has 142 valence electrons. The van der Waals surface area contributed by atoms with Gasteiger partial charge in [0.15, 0.2) is 0 Å². The molecule has 0 unspecified atom stereocenters.